The molecule has 0 fully saturated rings. The third kappa shape index (κ3) is 3.51. The zero-order valence-corrected chi connectivity index (χ0v) is 14.5. The number of hydrogen-bond donors (Lipinski definition) is 1. The molecule has 0 aromatic heterocycles. The smallest absolute Gasteiger partial charge is 0.161 e. The highest BCUT2D eigenvalue weighted by molar-refractivity contribution is 9.10. The summed E-state index contributed by atoms with van der Waals surface area (Å²) in [4.78, 5) is 0. The van der Waals surface area contributed by atoms with E-state index in [9.17, 15) is 0 Å². The van der Waals surface area contributed by atoms with Crippen LogP contribution in [0, 0.1) is 6.92 Å². The van der Waals surface area contributed by atoms with Crippen molar-refractivity contribution in [3.63, 3.8) is 0 Å². The molecule has 0 bridgehead atoms. The Bertz CT molecular complexity index is 641. The summed E-state index contributed by atoms with van der Waals surface area (Å²) < 4.78 is 11.5. The molecule has 2 aromatic carbocycles. The predicted molar refractivity (Wildman–Crippen MR) is 89.5 cm³/mol. The van der Waals surface area contributed by atoms with Crippen LogP contribution in [-0.4, -0.2) is 14.2 Å². The number of halogens is 2. The van der Waals surface area contributed by atoms with Gasteiger partial charge in [0.15, 0.2) is 11.5 Å². The summed E-state index contributed by atoms with van der Waals surface area (Å²) in [6.07, 6.45) is 0. The van der Waals surface area contributed by atoms with Crippen molar-refractivity contribution < 1.29 is 9.47 Å². The molecule has 112 valence electrons. The number of hydrogen-bond acceptors (Lipinski definition) is 3. The van der Waals surface area contributed by atoms with Crippen LogP contribution in [0.2, 0.25) is 5.02 Å². The molecule has 2 N–H and O–H groups in total. The van der Waals surface area contributed by atoms with Crippen molar-refractivity contribution in [1.82, 2.24) is 0 Å². The SMILES string of the molecule is COc1cc(Br)c(C(N)c2cc(C)cc(Cl)c2)cc1OC. The van der Waals surface area contributed by atoms with Gasteiger partial charge >= 0.3 is 0 Å². The van der Waals surface area contributed by atoms with Gasteiger partial charge in [-0.15, -0.1) is 0 Å². The molecule has 0 aliphatic carbocycles. The molecule has 1 atom stereocenters. The van der Waals surface area contributed by atoms with Gasteiger partial charge < -0.3 is 15.2 Å². The highest BCUT2D eigenvalue weighted by Crippen LogP contribution is 2.37. The Morgan fingerprint density at radius 3 is 2.24 bits per heavy atom. The van der Waals surface area contributed by atoms with Crippen molar-refractivity contribution in [2.75, 3.05) is 14.2 Å². The Labute approximate surface area is 138 Å². The van der Waals surface area contributed by atoms with Crippen molar-refractivity contribution in [2.45, 2.75) is 13.0 Å². The van der Waals surface area contributed by atoms with Gasteiger partial charge in [0.25, 0.3) is 0 Å². The van der Waals surface area contributed by atoms with Gasteiger partial charge in [-0.25, -0.2) is 0 Å². The topological polar surface area (TPSA) is 44.5 Å². The minimum atomic E-state index is -0.309. The average Bonchev–Trinajstić information content (AvgIpc) is 2.45. The molecule has 0 aliphatic rings. The van der Waals surface area contributed by atoms with Crippen molar-refractivity contribution >= 4 is 27.5 Å². The maximum atomic E-state index is 6.39. The molecule has 1 unspecified atom stereocenters. The van der Waals surface area contributed by atoms with E-state index in [2.05, 4.69) is 15.9 Å². The van der Waals surface area contributed by atoms with Gasteiger partial charge in [0, 0.05) is 9.50 Å². The molecular weight excluding hydrogens is 354 g/mol. The van der Waals surface area contributed by atoms with Gasteiger partial charge in [0.2, 0.25) is 0 Å². The Morgan fingerprint density at radius 1 is 1.05 bits per heavy atom. The van der Waals surface area contributed by atoms with Gasteiger partial charge in [-0.2, -0.15) is 0 Å². The molecule has 0 aliphatic heterocycles. The number of nitrogens with two attached hydrogens (primary N) is 1. The molecule has 0 saturated carbocycles. The second-order valence-electron chi connectivity index (χ2n) is 4.77. The van der Waals surface area contributed by atoms with E-state index in [1.165, 1.54) is 0 Å². The number of benzene rings is 2. The minimum Gasteiger partial charge on any atom is -0.493 e. The van der Waals surface area contributed by atoms with E-state index in [4.69, 9.17) is 26.8 Å². The molecule has 2 aromatic rings. The lowest BCUT2D eigenvalue weighted by molar-refractivity contribution is 0.354. The summed E-state index contributed by atoms with van der Waals surface area (Å²) >= 11 is 9.65. The van der Waals surface area contributed by atoms with E-state index < -0.39 is 0 Å². The number of rotatable bonds is 4. The Kier molecular flexibility index (Phi) is 5.14. The molecule has 0 saturated heterocycles. The maximum absolute atomic E-state index is 6.39. The number of ether oxygens (including phenoxy) is 2. The molecule has 3 nitrogen and oxygen atoms in total. The van der Waals surface area contributed by atoms with Crippen LogP contribution in [-0.2, 0) is 0 Å². The highest BCUT2D eigenvalue weighted by atomic mass is 79.9. The standard InChI is InChI=1S/C16H17BrClNO2/c1-9-4-10(6-11(18)5-9)16(19)12-7-14(20-2)15(21-3)8-13(12)17/h4-8,16H,19H2,1-3H3. The van der Waals surface area contributed by atoms with Crippen LogP contribution in [0.15, 0.2) is 34.8 Å². The maximum Gasteiger partial charge on any atom is 0.161 e. The monoisotopic (exact) mass is 369 g/mol. The first-order chi connectivity index (χ1) is 9.96. The first-order valence-corrected chi connectivity index (χ1v) is 7.57. The van der Waals surface area contributed by atoms with Gasteiger partial charge in [-0.1, -0.05) is 33.6 Å². The van der Waals surface area contributed by atoms with E-state index in [0.717, 1.165) is 21.2 Å². The first-order valence-electron chi connectivity index (χ1n) is 6.40. The first kappa shape index (κ1) is 16.1. The van der Waals surface area contributed by atoms with Gasteiger partial charge in [-0.05, 0) is 47.9 Å². The van der Waals surface area contributed by atoms with E-state index in [0.29, 0.717) is 16.5 Å². The summed E-state index contributed by atoms with van der Waals surface area (Å²) in [5, 5.41) is 0.678. The van der Waals surface area contributed by atoms with Crippen LogP contribution in [0.5, 0.6) is 11.5 Å². The van der Waals surface area contributed by atoms with Crippen LogP contribution in [0.1, 0.15) is 22.7 Å². The van der Waals surface area contributed by atoms with Gasteiger partial charge in [-0.3, -0.25) is 0 Å². The second-order valence-corrected chi connectivity index (χ2v) is 6.06. The molecular formula is C16H17BrClNO2. The summed E-state index contributed by atoms with van der Waals surface area (Å²) in [6, 6.07) is 9.23. The second kappa shape index (κ2) is 6.69. The minimum absolute atomic E-state index is 0.309. The molecule has 2 rings (SSSR count). The fourth-order valence-corrected chi connectivity index (χ4v) is 3.10. The zero-order chi connectivity index (χ0) is 15.6. The molecule has 0 amide bonds. The molecule has 21 heavy (non-hydrogen) atoms. The van der Waals surface area contributed by atoms with Crippen LogP contribution in [0.3, 0.4) is 0 Å². The van der Waals surface area contributed by atoms with E-state index in [1.807, 2.05) is 37.3 Å². The lowest BCUT2D eigenvalue weighted by Crippen LogP contribution is -2.13. The summed E-state index contributed by atoms with van der Waals surface area (Å²) in [7, 11) is 3.20. The quantitative estimate of drug-likeness (QED) is 0.863. The third-order valence-electron chi connectivity index (χ3n) is 3.26. The summed E-state index contributed by atoms with van der Waals surface area (Å²) in [5.41, 5.74) is 9.32. The normalized spacial score (nSPS) is 12.1. The predicted octanol–water partition coefficient (Wildman–Crippen LogP) is 4.48. The zero-order valence-electron chi connectivity index (χ0n) is 12.1. The largest absolute Gasteiger partial charge is 0.493 e. The van der Waals surface area contributed by atoms with Crippen molar-refractivity contribution in [3.05, 3.63) is 56.5 Å². The van der Waals surface area contributed by atoms with Crippen LogP contribution < -0.4 is 15.2 Å². The van der Waals surface area contributed by atoms with E-state index in [-0.39, 0.29) is 6.04 Å². The Balaban J connectivity index is 2.49. The van der Waals surface area contributed by atoms with Crippen molar-refractivity contribution in [3.8, 4) is 11.5 Å². The van der Waals surface area contributed by atoms with E-state index >= 15 is 0 Å². The van der Waals surface area contributed by atoms with Crippen LogP contribution in [0.4, 0.5) is 0 Å². The highest BCUT2D eigenvalue weighted by Gasteiger charge is 2.17. The van der Waals surface area contributed by atoms with Crippen molar-refractivity contribution in [1.29, 1.82) is 0 Å². The Morgan fingerprint density at radius 2 is 1.67 bits per heavy atom. The molecule has 5 heteroatoms. The lowest BCUT2D eigenvalue weighted by atomic mass is 9.98. The molecule has 0 heterocycles. The summed E-state index contributed by atoms with van der Waals surface area (Å²) in [5.74, 6) is 1.30. The van der Waals surface area contributed by atoms with Gasteiger partial charge in [0.1, 0.15) is 0 Å². The number of aryl methyl sites for hydroxylation is 1. The third-order valence-corrected chi connectivity index (χ3v) is 4.17. The van der Waals surface area contributed by atoms with Crippen molar-refractivity contribution in [2.24, 2.45) is 5.73 Å². The number of methoxy groups -OCH3 is 2. The van der Waals surface area contributed by atoms with Gasteiger partial charge in [0.05, 0.1) is 20.3 Å². The fourth-order valence-electron chi connectivity index (χ4n) is 2.23. The summed E-state index contributed by atoms with van der Waals surface area (Å²) in [6.45, 7) is 1.99. The van der Waals surface area contributed by atoms with Crippen LogP contribution >= 0.6 is 27.5 Å². The van der Waals surface area contributed by atoms with Crippen LogP contribution in [0.25, 0.3) is 0 Å². The average molecular weight is 371 g/mol. The lowest BCUT2D eigenvalue weighted by Gasteiger charge is -2.18. The fraction of sp³-hybridized carbons (Fsp3) is 0.250. The Hall–Kier alpha value is -1.23. The molecule has 0 spiro atoms. The van der Waals surface area contributed by atoms with E-state index in [1.54, 1.807) is 14.2 Å². The molecule has 0 radical (unpaired) electrons.